The normalized spacial score (nSPS) is 11.8. The van der Waals surface area contributed by atoms with Crippen LogP contribution in [0.1, 0.15) is 25.3 Å². The van der Waals surface area contributed by atoms with Gasteiger partial charge in [-0.05, 0) is 37.6 Å². The van der Waals surface area contributed by atoms with E-state index in [1.54, 1.807) is 48.5 Å². The fourth-order valence-electron chi connectivity index (χ4n) is 1.76. The summed E-state index contributed by atoms with van der Waals surface area (Å²) in [4.78, 5) is 0.287. The Morgan fingerprint density at radius 3 is 1.92 bits per heavy atom. The van der Waals surface area contributed by atoms with Crippen molar-refractivity contribution in [1.29, 1.82) is 0 Å². The minimum absolute atomic E-state index is 0.0666. The minimum Gasteiger partial charge on any atom is -0.282 e. The number of rotatable bonds is 5. The fourth-order valence-corrected chi connectivity index (χ4v) is 3.32. The van der Waals surface area contributed by atoms with Crippen LogP contribution in [0.15, 0.2) is 75.9 Å². The Morgan fingerprint density at radius 1 is 0.880 bits per heavy atom. The minimum atomic E-state index is -4.02. The van der Waals surface area contributed by atoms with E-state index < -0.39 is 20.0 Å². The van der Waals surface area contributed by atoms with Crippen molar-refractivity contribution in [3.63, 3.8) is 0 Å². The molecule has 0 aliphatic rings. The van der Waals surface area contributed by atoms with Crippen LogP contribution in [0, 0.1) is 6.92 Å². The first-order valence-corrected chi connectivity index (χ1v) is 10.7. The fraction of sp³-hybridized carbons (Fsp3) is 0.222. The number of hydrogen-bond acceptors (Lipinski definition) is 4. The summed E-state index contributed by atoms with van der Waals surface area (Å²) in [7, 11) is -7.23. The molecule has 0 saturated carbocycles. The van der Waals surface area contributed by atoms with Crippen molar-refractivity contribution in [2.45, 2.75) is 36.5 Å². The third kappa shape index (κ3) is 7.64. The summed E-state index contributed by atoms with van der Waals surface area (Å²) in [5.41, 5.74) is 0.956. The van der Waals surface area contributed by atoms with Gasteiger partial charge in [0.2, 0.25) is 0 Å². The summed E-state index contributed by atoms with van der Waals surface area (Å²) in [6.45, 7) is 3.85. The van der Waals surface area contributed by atoms with E-state index in [4.69, 9.17) is 4.55 Å². The molecule has 7 heteroatoms. The highest BCUT2D eigenvalue weighted by Crippen LogP contribution is 2.11. The molecule has 0 unspecified atom stereocenters. The van der Waals surface area contributed by atoms with Gasteiger partial charge in [-0.25, -0.2) is 8.42 Å². The Labute approximate surface area is 149 Å². The number of unbranched alkanes of at least 4 members (excludes halogenated alkanes) is 1. The molecule has 0 heterocycles. The predicted octanol–water partition coefficient (Wildman–Crippen LogP) is 4.02. The zero-order valence-electron chi connectivity index (χ0n) is 14.2. The van der Waals surface area contributed by atoms with Crippen LogP contribution in [0.3, 0.4) is 0 Å². The molecule has 0 saturated heterocycles. The standard InChI is InChI=1S/C11H14O2S.C7H8O3S/c1-2-3-7-10-14(12,13)11-8-5-4-6-9-11;1-6-2-4-7(5-3-6)11(8,9)10/h4-10H,2-3H2,1H3;2-5H,1H3,(H,8,9,10). The van der Waals surface area contributed by atoms with Gasteiger partial charge in [0.15, 0.2) is 9.84 Å². The van der Waals surface area contributed by atoms with E-state index in [1.165, 1.54) is 17.5 Å². The molecule has 1 N–H and O–H groups in total. The Hall–Kier alpha value is -1.96. The molecule has 0 spiro atoms. The lowest BCUT2D eigenvalue weighted by atomic mass is 10.2. The van der Waals surface area contributed by atoms with E-state index in [0.29, 0.717) is 4.90 Å². The van der Waals surface area contributed by atoms with Crippen LogP contribution >= 0.6 is 0 Å². The number of allylic oxidation sites excluding steroid dienone is 1. The van der Waals surface area contributed by atoms with Gasteiger partial charge in [-0.1, -0.05) is 55.3 Å². The molecular formula is C18H22O5S2. The highest BCUT2D eigenvalue weighted by molar-refractivity contribution is 7.94. The van der Waals surface area contributed by atoms with E-state index in [0.717, 1.165) is 18.4 Å². The summed E-state index contributed by atoms with van der Waals surface area (Å²) in [5, 5.41) is 1.28. The molecule has 0 bridgehead atoms. The van der Waals surface area contributed by atoms with Gasteiger partial charge in [0.1, 0.15) is 0 Å². The van der Waals surface area contributed by atoms with E-state index in [9.17, 15) is 16.8 Å². The highest BCUT2D eigenvalue weighted by Gasteiger charge is 2.08. The molecule has 0 atom stereocenters. The van der Waals surface area contributed by atoms with Crippen molar-refractivity contribution in [3.05, 3.63) is 71.6 Å². The third-order valence-electron chi connectivity index (χ3n) is 3.12. The first-order chi connectivity index (χ1) is 11.7. The van der Waals surface area contributed by atoms with Gasteiger partial charge < -0.3 is 0 Å². The van der Waals surface area contributed by atoms with Gasteiger partial charge in [0.05, 0.1) is 9.79 Å². The lowest BCUT2D eigenvalue weighted by Gasteiger charge is -1.97. The zero-order chi connectivity index (χ0) is 18.9. The highest BCUT2D eigenvalue weighted by atomic mass is 32.2. The molecular weight excluding hydrogens is 360 g/mol. The van der Waals surface area contributed by atoms with Crippen LogP contribution in [0.5, 0.6) is 0 Å². The Morgan fingerprint density at radius 2 is 1.44 bits per heavy atom. The second-order valence-electron chi connectivity index (χ2n) is 5.31. The predicted molar refractivity (Wildman–Crippen MR) is 98.7 cm³/mol. The van der Waals surface area contributed by atoms with Crippen molar-refractivity contribution in [1.82, 2.24) is 0 Å². The van der Waals surface area contributed by atoms with Crippen LogP contribution in [0.2, 0.25) is 0 Å². The van der Waals surface area contributed by atoms with E-state index in [-0.39, 0.29) is 4.90 Å². The molecule has 0 aromatic heterocycles. The van der Waals surface area contributed by atoms with Gasteiger partial charge in [-0.3, -0.25) is 4.55 Å². The van der Waals surface area contributed by atoms with Crippen molar-refractivity contribution in [2.75, 3.05) is 0 Å². The molecule has 5 nitrogen and oxygen atoms in total. The Bertz CT molecular complexity index is 882. The average molecular weight is 383 g/mol. The van der Waals surface area contributed by atoms with Gasteiger partial charge in [-0.2, -0.15) is 8.42 Å². The monoisotopic (exact) mass is 382 g/mol. The maximum atomic E-state index is 11.6. The van der Waals surface area contributed by atoms with Crippen LogP contribution in [0.4, 0.5) is 0 Å². The molecule has 0 fully saturated rings. The van der Waals surface area contributed by atoms with Crippen molar-refractivity contribution in [2.24, 2.45) is 0 Å². The Balaban J connectivity index is 0.000000257. The number of hydrogen-bond donors (Lipinski definition) is 1. The third-order valence-corrected chi connectivity index (χ3v) is 5.47. The largest absolute Gasteiger partial charge is 0.294 e. The first-order valence-electron chi connectivity index (χ1n) is 7.67. The maximum Gasteiger partial charge on any atom is 0.294 e. The van der Waals surface area contributed by atoms with Crippen LogP contribution in [0.25, 0.3) is 0 Å². The van der Waals surface area contributed by atoms with E-state index in [2.05, 4.69) is 0 Å². The van der Waals surface area contributed by atoms with Gasteiger partial charge in [0, 0.05) is 5.41 Å². The van der Waals surface area contributed by atoms with Crippen molar-refractivity contribution < 1.29 is 21.4 Å². The summed E-state index contributed by atoms with van der Waals surface area (Å²) < 4.78 is 52.8. The molecule has 25 heavy (non-hydrogen) atoms. The number of aryl methyl sites for hydroxylation is 1. The molecule has 0 radical (unpaired) electrons. The molecule has 0 amide bonds. The van der Waals surface area contributed by atoms with Crippen molar-refractivity contribution >= 4 is 20.0 Å². The van der Waals surface area contributed by atoms with Gasteiger partial charge in [-0.15, -0.1) is 0 Å². The second-order valence-corrected chi connectivity index (χ2v) is 8.56. The summed E-state index contributed by atoms with van der Waals surface area (Å²) in [5.74, 6) is 0. The quantitative estimate of drug-likeness (QED) is 0.789. The molecule has 2 aromatic rings. The number of benzene rings is 2. The number of sulfone groups is 1. The van der Waals surface area contributed by atoms with Gasteiger partial charge >= 0.3 is 0 Å². The zero-order valence-corrected chi connectivity index (χ0v) is 15.8. The van der Waals surface area contributed by atoms with E-state index >= 15 is 0 Å². The van der Waals surface area contributed by atoms with Crippen molar-refractivity contribution in [3.8, 4) is 0 Å². The van der Waals surface area contributed by atoms with Crippen LogP contribution < -0.4 is 0 Å². The summed E-state index contributed by atoms with van der Waals surface area (Å²) in [6.07, 6.45) is 3.45. The second kappa shape index (κ2) is 9.50. The maximum absolute atomic E-state index is 11.6. The lowest BCUT2D eigenvalue weighted by molar-refractivity contribution is 0.483. The molecule has 2 aromatic carbocycles. The SMILES string of the molecule is CCCC=CS(=O)(=O)c1ccccc1.Cc1ccc(S(=O)(=O)O)cc1. The average Bonchev–Trinajstić information content (AvgIpc) is 2.56. The van der Waals surface area contributed by atoms with E-state index in [1.807, 2.05) is 13.8 Å². The Kier molecular flexibility index (Phi) is 8.02. The lowest BCUT2D eigenvalue weighted by Crippen LogP contribution is -1.96. The molecule has 0 aliphatic heterocycles. The van der Waals surface area contributed by atoms with Gasteiger partial charge in [0.25, 0.3) is 10.1 Å². The first kappa shape index (κ1) is 21.1. The molecule has 2 rings (SSSR count). The van der Waals surface area contributed by atoms with Crippen LogP contribution in [-0.4, -0.2) is 21.4 Å². The topological polar surface area (TPSA) is 88.5 Å². The van der Waals surface area contributed by atoms with Crippen LogP contribution in [-0.2, 0) is 20.0 Å². The summed E-state index contributed by atoms with van der Waals surface area (Å²) in [6, 6.07) is 14.4. The summed E-state index contributed by atoms with van der Waals surface area (Å²) >= 11 is 0. The smallest absolute Gasteiger partial charge is 0.282 e. The molecule has 136 valence electrons. The molecule has 0 aliphatic carbocycles.